The van der Waals surface area contributed by atoms with E-state index in [1.807, 2.05) is 36.5 Å². The molecule has 0 atom stereocenters. The van der Waals surface area contributed by atoms with Crippen LogP contribution in [0.4, 0.5) is 11.4 Å². The SMILES string of the molecule is CCN(C)c1ccc(C=Nc2ccc3[nH]c(=O)[nH]c3c2)cc1. The lowest BCUT2D eigenvalue weighted by Crippen LogP contribution is -2.15. The van der Waals surface area contributed by atoms with Gasteiger partial charge in [0.15, 0.2) is 0 Å². The summed E-state index contributed by atoms with van der Waals surface area (Å²) in [5.41, 5.74) is 4.38. The molecule has 0 saturated heterocycles. The molecule has 3 aromatic rings. The van der Waals surface area contributed by atoms with Gasteiger partial charge < -0.3 is 14.9 Å². The predicted molar refractivity (Wildman–Crippen MR) is 91.6 cm³/mol. The number of aromatic amines is 2. The summed E-state index contributed by atoms with van der Waals surface area (Å²) in [6.07, 6.45) is 1.82. The highest BCUT2D eigenvalue weighted by Gasteiger charge is 1.99. The third-order valence-electron chi connectivity index (χ3n) is 3.67. The van der Waals surface area contributed by atoms with Gasteiger partial charge in [-0.3, -0.25) is 4.99 Å². The van der Waals surface area contributed by atoms with Crippen molar-refractivity contribution in [1.82, 2.24) is 9.97 Å². The van der Waals surface area contributed by atoms with Crippen molar-refractivity contribution in [3.63, 3.8) is 0 Å². The average Bonchev–Trinajstić information content (AvgIpc) is 2.92. The van der Waals surface area contributed by atoms with E-state index in [2.05, 4.69) is 46.0 Å². The fourth-order valence-electron chi connectivity index (χ4n) is 2.25. The summed E-state index contributed by atoms with van der Waals surface area (Å²) < 4.78 is 0. The molecule has 0 spiro atoms. The topological polar surface area (TPSA) is 64.2 Å². The zero-order chi connectivity index (χ0) is 15.5. The summed E-state index contributed by atoms with van der Waals surface area (Å²) in [5.74, 6) is 0. The molecule has 22 heavy (non-hydrogen) atoms. The Morgan fingerprint density at radius 2 is 1.82 bits per heavy atom. The van der Waals surface area contributed by atoms with E-state index in [-0.39, 0.29) is 5.69 Å². The minimum Gasteiger partial charge on any atom is -0.375 e. The molecule has 0 fully saturated rings. The normalized spacial score (nSPS) is 11.4. The molecule has 5 heteroatoms. The molecular weight excluding hydrogens is 276 g/mol. The number of rotatable bonds is 4. The maximum absolute atomic E-state index is 11.2. The molecule has 2 aromatic carbocycles. The standard InChI is InChI=1S/C17H18N4O/c1-3-21(2)14-7-4-12(5-8-14)11-18-13-6-9-15-16(10-13)20-17(22)19-15/h4-11H,3H2,1-2H3,(H2,19,20,22). The van der Waals surface area contributed by atoms with Gasteiger partial charge >= 0.3 is 5.69 Å². The molecule has 0 aliphatic heterocycles. The zero-order valence-electron chi connectivity index (χ0n) is 12.6. The largest absolute Gasteiger partial charge is 0.375 e. The maximum atomic E-state index is 11.2. The van der Waals surface area contributed by atoms with Crippen LogP contribution >= 0.6 is 0 Å². The lowest BCUT2D eigenvalue weighted by atomic mass is 10.2. The van der Waals surface area contributed by atoms with Crippen molar-refractivity contribution in [3.8, 4) is 0 Å². The molecular formula is C17H18N4O. The smallest absolute Gasteiger partial charge is 0.323 e. The first-order valence-electron chi connectivity index (χ1n) is 7.23. The number of nitrogens with one attached hydrogen (secondary N) is 2. The summed E-state index contributed by atoms with van der Waals surface area (Å²) in [7, 11) is 2.07. The number of aliphatic imine (C=N–C) groups is 1. The lowest BCUT2D eigenvalue weighted by Gasteiger charge is -2.16. The van der Waals surface area contributed by atoms with Gasteiger partial charge in [-0.1, -0.05) is 12.1 Å². The molecule has 3 rings (SSSR count). The highest BCUT2D eigenvalue weighted by atomic mass is 16.1. The van der Waals surface area contributed by atoms with E-state index in [0.29, 0.717) is 0 Å². The van der Waals surface area contributed by atoms with Crippen LogP contribution < -0.4 is 10.6 Å². The van der Waals surface area contributed by atoms with E-state index >= 15 is 0 Å². The van der Waals surface area contributed by atoms with Crippen LogP contribution in [0.2, 0.25) is 0 Å². The van der Waals surface area contributed by atoms with Gasteiger partial charge in [-0.05, 0) is 42.8 Å². The van der Waals surface area contributed by atoms with Crippen molar-refractivity contribution in [3.05, 3.63) is 58.5 Å². The molecule has 0 aliphatic carbocycles. The molecule has 0 radical (unpaired) electrons. The summed E-state index contributed by atoms with van der Waals surface area (Å²) >= 11 is 0. The van der Waals surface area contributed by atoms with Crippen LogP contribution in [0.3, 0.4) is 0 Å². The Kier molecular flexibility index (Phi) is 3.78. The van der Waals surface area contributed by atoms with Gasteiger partial charge in [-0.25, -0.2) is 4.79 Å². The Morgan fingerprint density at radius 3 is 2.55 bits per heavy atom. The van der Waals surface area contributed by atoms with Gasteiger partial charge in [0.05, 0.1) is 16.7 Å². The number of anilines is 1. The number of H-pyrrole nitrogens is 2. The molecule has 0 bridgehead atoms. The molecule has 2 N–H and O–H groups in total. The Morgan fingerprint density at radius 1 is 1.09 bits per heavy atom. The van der Waals surface area contributed by atoms with Crippen molar-refractivity contribution >= 4 is 28.6 Å². The summed E-state index contributed by atoms with van der Waals surface area (Å²) in [5, 5.41) is 0. The number of aromatic nitrogens is 2. The monoisotopic (exact) mass is 294 g/mol. The van der Waals surface area contributed by atoms with Gasteiger partial charge in [0, 0.05) is 25.5 Å². The number of hydrogen-bond acceptors (Lipinski definition) is 3. The minimum absolute atomic E-state index is 0.202. The number of nitrogens with zero attached hydrogens (tertiary/aromatic N) is 2. The Bertz CT molecular complexity index is 858. The molecule has 0 saturated carbocycles. The van der Waals surface area contributed by atoms with E-state index in [9.17, 15) is 4.79 Å². The minimum atomic E-state index is -0.202. The van der Waals surface area contributed by atoms with E-state index in [0.717, 1.165) is 28.8 Å². The third kappa shape index (κ3) is 2.93. The third-order valence-corrected chi connectivity index (χ3v) is 3.67. The summed E-state index contributed by atoms with van der Waals surface area (Å²) in [4.78, 5) is 23.3. The summed E-state index contributed by atoms with van der Waals surface area (Å²) in [6.45, 7) is 3.10. The van der Waals surface area contributed by atoms with Crippen LogP contribution in [0.25, 0.3) is 11.0 Å². The van der Waals surface area contributed by atoms with Crippen molar-refractivity contribution in [2.45, 2.75) is 6.92 Å². The number of hydrogen-bond donors (Lipinski definition) is 2. The van der Waals surface area contributed by atoms with E-state index in [1.165, 1.54) is 5.69 Å². The zero-order valence-corrected chi connectivity index (χ0v) is 12.6. The van der Waals surface area contributed by atoms with Crippen LogP contribution in [-0.2, 0) is 0 Å². The van der Waals surface area contributed by atoms with Crippen LogP contribution in [0.5, 0.6) is 0 Å². The summed E-state index contributed by atoms with van der Waals surface area (Å²) in [6, 6.07) is 13.8. The van der Waals surface area contributed by atoms with Crippen molar-refractivity contribution < 1.29 is 0 Å². The second kappa shape index (κ2) is 5.89. The van der Waals surface area contributed by atoms with E-state index in [1.54, 1.807) is 0 Å². The predicted octanol–water partition coefficient (Wildman–Crippen LogP) is 3.06. The maximum Gasteiger partial charge on any atom is 0.323 e. The van der Waals surface area contributed by atoms with Gasteiger partial charge in [-0.2, -0.15) is 0 Å². The molecule has 5 nitrogen and oxygen atoms in total. The van der Waals surface area contributed by atoms with Crippen LogP contribution in [0, 0.1) is 0 Å². The van der Waals surface area contributed by atoms with Crippen LogP contribution in [0.1, 0.15) is 12.5 Å². The number of imidazole rings is 1. The van der Waals surface area contributed by atoms with E-state index in [4.69, 9.17) is 0 Å². The fourth-order valence-corrected chi connectivity index (χ4v) is 2.25. The van der Waals surface area contributed by atoms with Crippen molar-refractivity contribution in [2.75, 3.05) is 18.5 Å². The van der Waals surface area contributed by atoms with Gasteiger partial charge in [0.1, 0.15) is 0 Å². The first-order chi connectivity index (χ1) is 10.7. The Labute approximate surface area is 128 Å². The second-order valence-corrected chi connectivity index (χ2v) is 5.17. The van der Waals surface area contributed by atoms with Gasteiger partial charge in [0.2, 0.25) is 0 Å². The Hall–Kier alpha value is -2.82. The highest BCUT2D eigenvalue weighted by molar-refractivity contribution is 5.84. The lowest BCUT2D eigenvalue weighted by molar-refractivity contribution is 0.968. The molecule has 112 valence electrons. The van der Waals surface area contributed by atoms with Gasteiger partial charge in [-0.15, -0.1) is 0 Å². The van der Waals surface area contributed by atoms with Crippen LogP contribution in [-0.4, -0.2) is 29.8 Å². The average molecular weight is 294 g/mol. The molecule has 0 amide bonds. The molecule has 0 unspecified atom stereocenters. The molecule has 1 aromatic heterocycles. The highest BCUT2D eigenvalue weighted by Crippen LogP contribution is 2.18. The molecule has 0 aliphatic rings. The first kappa shape index (κ1) is 14.1. The first-order valence-corrected chi connectivity index (χ1v) is 7.23. The molecule has 1 heterocycles. The van der Waals surface area contributed by atoms with Crippen LogP contribution in [0.15, 0.2) is 52.3 Å². The second-order valence-electron chi connectivity index (χ2n) is 5.17. The van der Waals surface area contributed by atoms with Crippen molar-refractivity contribution in [2.24, 2.45) is 4.99 Å². The Balaban J connectivity index is 1.81. The van der Waals surface area contributed by atoms with E-state index < -0.39 is 0 Å². The van der Waals surface area contributed by atoms with Gasteiger partial charge in [0.25, 0.3) is 0 Å². The van der Waals surface area contributed by atoms with Crippen molar-refractivity contribution in [1.29, 1.82) is 0 Å². The number of benzene rings is 2. The number of fused-ring (bicyclic) bond motifs is 1. The quantitative estimate of drug-likeness (QED) is 0.726. The fraction of sp³-hybridized carbons (Fsp3) is 0.176.